The predicted molar refractivity (Wildman–Crippen MR) is 190 cm³/mol. The molecule has 0 saturated heterocycles. The highest BCUT2D eigenvalue weighted by Crippen LogP contribution is 2.32. The number of esters is 2. The van der Waals surface area contributed by atoms with E-state index in [4.69, 9.17) is 10.8 Å². The fourth-order valence-corrected chi connectivity index (χ4v) is 4.59. The Morgan fingerprint density at radius 3 is 1.43 bits per heavy atom. The Kier molecular flexibility index (Phi) is 18.4. The fourth-order valence-electron chi connectivity index (χ4n) is 4.59. The number of rotatable bonds is 9. The minimum absolute atomic E-state index is 0. The normalized spacial score (nSPS) is 11.8. The monoisotopic (exact) mass is 784 g/mol. The molecule has 0 aliphatic rings. The van der Waals surface area contributed by atoms with Crippen molar-refractivity contribution in [2.45, 2.75) is 51.1 Å². The number of nitrogens with two attached hydrogens (primary N) is 1. The van der Waals surface area contributed by atoms with Crippen molar-refractivity contribution in [3.05, 3.63) is 142 Å². The number of carboxylic acids is 1. The number of nitrogens with one attached hydrogen (secondary N) is 1. The zero-order valence-electron chi connectivity index (χ0n) is 29.5. The number of carbonyl (C=O) groups excluding carboxylic acids is 3. The van der Waals surface area contributed by atoms with E-state index in [0.29, 0.717) is 6.42 Å². The third-order valence-corrected chi connectivity index (χ3v) is 7.37. The Morgan fingerprint density at radius 2 is 1.04 bits per heavy atom. The van der Waals surface area contributed by atoms with Gasteiger partial charge in [-0.1, -0.05) is 83.9 Å². The number of aryl methyl sites for hydroxylation is 2. The highest BCUT2D eigenvalue weighted by Gasteiger charge is 2.36. The zero-order chi connectivity index (χ0) is 39.9. The van der Waals surface area contributed by atoms with Crippen molar-refractivity contribution in [2.75, 3.05) is 14.2 Å². The average Bonchev–Trinajstić information content (AvgIpc) is 3.12. The summed E-state index contributed by atoms with van der Waals surface area (Å²) in [6.07, 6.45) is -8.67. The molecule has 0 aliphatic heterocycles. The van der Waals surface area contributed by atoms with E-state index >= 15 is 0 Å². The lowest BCUT2D eigenvalue weighted by molar-refractivity contribution is -0.143. The molecule has 292 valence electrons. The van der Waals surface area contributed by atoms with Crippen molar-refractivity contribution in [1.29, 1.82) is 0 Å². The van der Waals surface area contributed by atoms with E-state index in [1.54, 1.807) is 12.1 Å². The summed E-state index contributed by atoms with van der Waals surface area (Å²) >= 11 is 0. The van der Waals surface area contributed by atoms with Crippen LogP contribution in [0.2, 0.25) is 0 Å². The maximum Gasteiger partial charge on any atom is 0.417 e. The van der Waals surface area contributed by atoms with E-state index in [-0.39, 0.29) is 24.8 Å². The predicted octanol–water partition coefficient (Wildman–Crippen LogP) is 7.39. The van der Waals surface area contributed by atoms with E-state index in [9.17, 15) is 45.5 Å². The number of carboxylic acid groups (broad SMARTS) is 1. The van der Waals surface area contributed by atoms with Gasteiger partial charge in [-0.15, -0.1) is 12.4 Å². The van der Waals surface area contributed by atoms with E-state index in [1.165, 1.54) is 30.9 Å². The van der Waals surface area contributed by atoms with Gasteiger partial charge in [0.25, 0.3) is 5.91 Å². The van der Waals surface area contributed by atoms with Gasteiger partial charge in [0.2, 0.25) is 0 Å². The van der Waals surface area contributed by atoms with Crippen LogP contribution in [0.5, 0.6) is 0 Å². The smallest absolute Gasteiger partial charge is 0.417 e. The highest BCUT2D eigenvalue weighted by molar-refractivity contribution is 5.98. The first-order valence-corrected chi connectivity index (χ1v) is 15.7. The zero-order valence-corrected chi connectivity index (χ0v) is 30.3. The van der Waals surface area contributed by atoms with Crippen molar-refractivity contribution in [3.8, 4) is 0 Å². The molecule has 0 bridgehead atoms. The molecule has 4 N–H and O–H groups in total. The van der Waals surface area contributed by atoms with Crippen LogP contribution in [0, 0.1) is 13.8 Å². The van der Waals surface area contributed by atoms with E-state index in [0.717, 1.165) is 54.1 Å². The van der Waals surface area contributed by atoms with Gasteiger partial charge < -0.3 is 25.6 Å². The van der Waals surface area contributed by atoms with Crippen LogP contribution in [0.4, 0.5) is 26.3 Å². The quantitative estimate of drug-likeness (QED) is 0.118. The first kappa shape index (κ1) is 46.6. The first-order valence-electron chi connectivity index (χ1n) is 15.7. The molecule has 54 heavy (non-hydrogen) atoms. The van der Waals surface area contributed by atoms with Gasteiger partial charge in [-0.3, -0.25) is 9.59 Å². The molecular formula is C38H39ClF6N2O7. The number of amides is 1. The molecule has 1 amide bonds. The average molecular weight is 785 g/mol. The van der Waals surface area contributed by atoms with Crippen LogP contribution in [0.15, 0.2) is 97.1 Å². The molecule has 4 aromatic carbocycles. The fraction of sp³-hybridized carbons (Fsp3) is 0.263. The summed E-state index contributed by atoms with van der Waals surface area (Å²) < 4.78 is 84.9. The number of halogens is 7. The van der Waals surface area contributed by atoms with Crippen LogP contribution >= 0.6 is 12.4 Å². The Labute approximate surface area is 313 Å². The van der Waals surface area contributed by atoms with E-state index in [2.05, 4.69) is 14.8 Å². The molecule has 4 aromatic rings. The molecular weight excluding hydrogens is 746 g/mol. The first-order chi connectivity index (χ1) is 24.8. The van der Waals surface area contributed by atoms with E-state index in [1.807, 2.05) is 50.2 Å². The molecule has 4 rings (SSSR count). The lowest BCUT2D eigenvalue weighted by atomic mass is 10.0. The van der Waals surface area contributed by atoms with Crippen LogP contribution < -0.4 is 11.1 Å². The number of benzene rings is 4. The van der Waals surface area contributed by atoms with Crippen molar-refractivity contribution < 1.29 is 60.1 Å². The third kappa shape index (κ3) is 14.9. The Balaban J connectivity index is 0.000000440. The second-order valence-corrected chi connectivity index (χ2v) is 11.5. The second kappa shape index (κ2) is 21.3. The lowest BCUT2D eigenvalue weighted by Crippen LogP contribution is -2.43. The van der Waals surface area contributed by atoms with Crippen LogP contribution in [0.1, 0.15) is 54.1 Å². The summed E-state index contributed by atoms with van der Waals surface area (Å²) in [7, 11) is 2.50. The number of alkyl halides is 6. The lowest BCUT2D eigenvalue weighted by Gasteiger charge is -2.18. The number of carbonyl (C=O) groups is 4. The summed E-state index contributed by atoms with van der Waals surface area (Å²) in [5.74, 6) is -3.66. The number of hydrogen-bond acceptors (Lipinski definition) is 7. The molecule has 0 radical (unpaired) electrons. The minimum Gasteiger partial charge on any atom is -0.478 e. The van der Waals surface area contributed by atoms with E-state index < -0.39 is 64.5 Å². The maximum absolute atomic E-state index is 13.1. The van der Waals surface area contributed by atoms with Crippen molar-refractivity contribution >= 4 is 36.2 Å². The summed E-state index contributed by atoms with van der Waals surface area (Å²) in [4.78, 5) is 45.7. The van der Waals surface area contributed by atoms with Crippen LogP contribution in [0.3, 0.4) is 0 Å². The Bertz CT molecular complexity index is 1830. The molecule has 0 aliphatic carbocycles. The third-order valence-electron chi connectivity index (χ3n) is 7.37. The van der Waals surface area contributed by atoms with Gasteiger partial charge in [-0.05, 0) is 55.7 Å². The van der Waals surface area contributed by atoms with Gasteiger partial charge in [0, 0.05) is 6.42 Å². The van der Waals surface area contributed by atoms with Gasteiger partial charge in [0.1, 0.15) is 12.1 Å². The van der Waals surface area contributed by atoms with Crippen molar-refractivity contribution in [2.24, 2.45) is 5.73 Å². The summed E-state index contributed by atoms with van der Waals surface area (Å²) in [5, 5.41) is 10.8. The van der Waals surface area contributed by atoms with Crippen molar-refractivity contribution in [1.82, 2.24) is 5.32 Å². The minimum atomic E-state index is -4.67. The summed E-state index contributed by atoms with van der Waals surface area (Å²) in [5.41, 5.74) is 6.18. The number of hydrogen-bond donors (Lipinski definition) is 3. The molecule has 16 heteroatoms. The molecule has 2 atom stereocenters. The van der Waals surface area contributed by atoms with Gasteiger partial charge in [0.05, 0.1) is 36.5 Å². The summed E-state index contributed by atoms with van der Waals surface area (Å²) in [6.45, 7) is 3.92. The highest BCUT2D eigenvalue weighted by atomic mass is 35.5. The maximum atomic E-state index is 13.1. The van der Waals surface area contributed by atoms with Gasteiger partial charge >= 0.3 is 30.3 Å². The standard InChI is InChI=1S/C19H18F3NO3.C11H15NO2.C8H5F3O2.ClH/c1-12-7-9-13(10-8-12)11-16(18(25)26-2)23-17(24)14-5-3-4-6-15(14)19(20,21)22;1-8-3-5-9(6-4-8)7-10(12)11(13)14-2;9-8(10,11)6-4-2-1-3-5(6)7(12)13;/h3-10,16H,11H2,1-2H3,(H,23,24);3-6,10H,7,12H2,1-2H3;1-4H,(H,12,13);1H. The molecule has 9 nitrogen and oxygen atoms in total. The van der Waals surface area contributed by atoms with Crippen LogP contribution in [-0.4, -0.2) is 55.2 Å². The topological polar surface area (TPSA) is 145 Å². The molecule has 0 heterocycles. The molecule has 2 unspecified atom stereocenters. The number of methoxy groups -OCH3 is 2. The SMILES string of the molecule is COC(=O)C(Cc1ccc(C)cc1)NC(=O)c1ccccc1C(F)(F)F.COC(=O)C(N)Cc1ccc(C)cc1.Cl.O=C(O)c1ccccc1C(F)(F)F. The largest absolute Gasteiger partial charge is 0.478 e. The molecule has 0 spiro atoms. The Morgan fingerprint density at radius 1 is 0.648 bits per heavy atom. The van der Waals surface area contributed by atoms with Crippen LogP contribution in [-0.2, 0) is 44.3 Å². The van der Waals surface area contributed by atoms with Gasteiger partial charge in [-0.25, -0.2) is 9.59 Å². The van der Waals surface area contributed by atoms with Gasteiger partial charge in [0.15, 0.2) is 0 Å². The number of aromatic carboxylic acids is 1. The molecule has 0 saturated carbocycles. The molecule has 0 fully saturated rings. The summed E-state index contributed by atoms with van der Waals surface area (Å²) in [6, 6.07) is 22.0. The second-order valence-electron chi connectivity index (χ2n) is 11.5. The number of ether oxygens (including phenoxy) is 2. The Hall–Kier alpha value is -5.41. The molecule has 0 aromatic heterocycles. The van der Waals surface area contributed by atoms with Crippen LogP contribution in [0.25, 0.3) is 0 Å². The van der Waals surface area contributed by atoms with Gasteiger partial charge in [-0.2, -0.15) is 26.3 Å². The van der Waals surface area contributed by atoms with Crippen molar-refractivity contribution in [3.63, 3.8) is 0 Å².